The fourth-order valence-electron chi connectivity index (χ4n) is 2.80. The number of rotatable bonds is 8. The van der Waals surface area contributed by atoms with Gasteiger partial charge in [-0.2, -0.15) is 0 Å². The van der Waals surface area contributed by atoms with Crippen LogP contribution in [0.3, 0.4) is 0 Å². The monoisotopic (exact) mass is 426 g/mol. The van der Waals surface area contributed by atoms with Crippen molar-refractivity contribution in [2.75, 3.05) is 18.9 Å². The van der Waals surface area contributed by atoms with Crippen molar-refractivity contribution in [2.24, 2.45) is 0 Å². The maximum atomic E-state index is 12.8. The molecule has 3 rings (SSSR count). The second-order valence-corrected chi connectivity index (χ2v) is 8.05. The molecule has 0 aliphatic rings. The summed E-state index contributed by atoms with van der Waals surface area (Å²) in [6.45, 7) is 0.376. The Kier molecular flexibility index (Phi) is 6.58. The zero-order valence-electron chi connectivity index (χ0n) is 16.6. The van der Waals surface area contributed by atoms with Crippen LogP contribution in [0.15, 0.2) is 77.7 Å². The summed E-state index contributed by atoms with van der Waals surface area (Å²) >= 11 is 0. The van der Waals surface area contributed by atoms with Crippen LogP contribution >= 0.6 is 0 Å². The van der Waals surface area contributed by atoms with Gasteiger partial charge in [0.1, 0.15) is 0 Å². The van der Waals surface area contributed by atoms with Gasteiger partial charge < -0.3 is 14.8 Å². The van der Waals surface area contributed by atoms with E-state index in [0.29, 0.717) is 23.6 Å². The van der Waals surface area contributed by atoms with Gasteiger partial charge in [-0.1, -0.05) is 36.4 Å². The Balaban J connectivity index is 1.74. The Morgan fingerprint density at radius 3 is 2.30 bits per heavy atom. The average molecular weight is 426 g/mol. The molecule has 8 heteroatoms. The van der Waals surface area contributed by atoms with E-state index in [-0.39, 0.29) is 16.5 Å². The molecule has 0 aliphatic carbocycles. The standard InChI is InChI=1S/C22H22N2O5S/c1-28-20-12-11-19(14-21(20)29-2)30(26,27)24-18-10-6-9-17(13-18)22(25)23-15-16-7-4-3-5-8-16/h3-14,24H,15H2,1-2H3,(H,23,25). The first-order valence-electron chi connectivity index (χ1n) is 9.10. The van der Waals surface area contributed by atoms with Crippen molar-refractivity contribution in [1.29, 1.82) is 0 Å². The summed E-state index contributed by atoms with van der Waals surface area (Å²) in [5.74, 6) is 0.425. The van der Waals surface area contributed by atoms with Crippen molar-refractivity contribution in [3.05, 3.63) is 83.9 Å². The van der Waals surface area contributed by atoms with Crippen LogP contribution in [-0.2, 0) is 16.6 Å². The molecule has 0 aliphatic heterocycles. The van der Waals surface area contributed by atoms with Gasteiger partial charge in [0.15, 0.2) is 11.5 Å². The number of carbonyl (C=O) groups excluding carboxylic acids is 1. The molecule has 0 fully saturated rings. The number of amides is 1. The Morgan fingerprint density at radius 1 is 0.867 bits per heavy atom. The van der Waals surface area contributed by atoms with Gasteiger partial charge in [-0.25, -0.2) is 8.42 Å². The highest BCUT2D eigenvalue weighted by atomic mass is 32.2. The average Bonchev–Trinajstić information content (AvgIpc) is 2.77. The topological polar surface area (TPSA) is 93.7 Å². The van der Waals surface area contributed by atoms with E-state index in [0.717, 1.165) is 5.56 Å². The van der Waals surface area contributed by atoms with E-state index in [4.69, 9.17) is 9.47 Å². The molecule has 30 heavy (non-hydrogen) atoms. The maximum absolute atomic E-state index is 12.8. The van der Waals surface area contributed by atoms with Crippen LogP contribution < -0.4 is 19.5 Å². The van der Waals surface area contributed by atoms with Crippen molar-refractivity contribution < 1.29 is 22.7 Å². The Labute approximate surface area is 175 Å². The van der Waals surface area contributed by atoms with Crippen LogP contribution in [0.25, 0.3) is 0 Å². The molecule has 7 nitrogen and oxygen atoms in total. The van der Waals surface area contributed by atoms with E-state index in [2.05, 4.69) is 10.0 Å². The van der Waals surface area contributed by atoms with E-state index >= 15 is 0 Å². The molecule has 3 aromatic carbocycles. The van der Waals surface area contributed by atoms with Crippen molar-refractivity contribution in [2.45, 2.75) is 11.4 Å². The summed E-state index contributed by atoms with van der Waals surface area (Å²) in [4.78, 5) is 12.5. The molecule has 0 saturated carbocycles. The maximum Gasteiger partial charge on any atom is 0.262 e. The second-order valence-electron chi connectivity index (χ2n) is 6.37. The van der Waals surface area contributed by atoms with E-state index in [1.165, 1.54) is 38.5 Å². The van der Waals surface area contributed by atoms with Crippen molar-refractivity contribution in [3.8, 4) is 11.5 Å². The van der Waals surface area contributed by atoms with Gasteiger partial charge in [-0.15, -0.1) is 0 Å². The highest BCUT2D eigenvalue weighted by Crippen LogP contribution is 2.30. The molecule has 0 atom stereocenters. The first-order chi connectivity index (χ1) is 14.4. The van der Waals surface area contributed by atoms with Crippen LogP contribution in [0.1, 0.15) is 15.9 Å². The summed E-state index contributed by atoms with van der Waals surface area (Å²) in [5.41, 5.74) is 1.59. The number of ether oxygens (including phenoxy) is 2. The predicted octanol–water partition coefficient (Wildman–Crippen LogP) is 3.43. The minimum absolute atomic E-state index is 0.0130. The lowest BCUT2D eigenvalue weighted by Crippen LogP contribution is -2.23. The van der Waals surface area contributed by atoms with E-state index in [1.54, 1.807) is 18.2 Å². The molecule has 0 unspecified atom stereocenters. The molecule has 0 radical (unpaired) electrons. The summed E-state index contributed by atoms with van der Waals surface area (Å²) < 4.78 is 38.3. The molecule has 1 amide bonds. The third-order valence-corrected chi connectivity index (χ3v) is 5.72. The van der Waals surface area contributed by atoms with E-state index in [1.807, 2.05) is 30.3 Å². The molecule has 0 spiro atoms. The molecule has 0 bridgehead atoms. The zero-order chi connectivity index (χ0) is 21.6. The lowest BCUT2D eigenvalue weighted by molar-refractivity contribution is 0.0951. The van der Waals surface area contributed by atoms with Crippen molar-refractivity contribution in [1.82, 2.24) is 5.32 Å². The summed E-state index contributed by atoms with van der Waals surface area (Å²) in [6.07, 6.45) is 0. The Bertz CT molecular complexity index is 1130. The fraction of sp³-hybridized carbons (Fsp3) is 0.136. The predicted molar refractivity (Wildman–Crippen MR) is 114 cm³/mol. The van der Waals surface area contributed by atoms with Gasteiger partial charge in [0.05, 0.1) is 19.1 Å². The molecule has 0 aromatic heterocycles. The summed E-state index contributed by atoms with van der Waals surface area (Å²) in [7, 11) is -0.985. The molecular weight excluding hydrogens is 404 g/mol. The van der Waals surface area contributed by atoms with Gasteiger partial charge in [-0.05, 0) is 35.9 Å². The number of anilines is 1. The lowest BCUT2D eigenvalue weighted by atomic mass is 10.2. The summed E-state index contributed by atoms with van der Waals surface area (Å²) in [6, 6.07) is 20.1. The normalized spacial score (nSPS) is 10.9. The smallest absolute Gasteiger partial charge is 0.262 e. The first-order valence-corrected chi connectivity index (χ1v) is 10.6. The van der Waals surface area contributed by atoms with Crippen molar-refractivity contribution >= 4 is 21.6 Å². The molecule has 3 aromatic rings. The van der Waals surface area contributed by atoms with Gasteiger partial charge in [0.2, 0.25) is 0 Å². The number of methoxy groups -OCH3 is 2. The second kappa shape index (κ2) is 9.32. The van der Waals surface area contributed by atoms with Gasteiger partial charge >= 0.3 is 0 Å². The number of sulfonamides is 1. The molecule has 2 N–H and O–H groups in total. The molecular formula is C22H22N2O5S. The highest BCUT2D eigenvalue weighted by Gasteiger charge is 2.18. The molecule has 0 saturated heterocycles. The van der Waals surface area contributed by atoms with Crippen LogP contribution in [0.4, 0.5) is 5.69 Å². The van der Waals surface area contributed by atoms with Gasteiger partial charge in [0.25, 0.3) is 15.9 Å². The highest BCUT2D eigenvalue weighted by molar-refractivity contribution is 7.92. The van der Waals surface area contributed by atoms with Crippen LogP contribution in [0.5, 0.6) is 11.5 Å². The minimum Gasteiger partial charge on any atom is -0.493 e. The SMILES string of the molecule is COc1ccc(S(=O)(=O)Nc2cccc(C(=O)NCc3ccccc3)c2)cc1OC. The summed E-state index contributed by atoms with van der Waals surface area (Å²) in [5, 5.41) is 2.82. The number of hydrogen-bond acceptors (Lipinski definition) is 5. The fourth-order valence-corrected chi connectivity index (χ4v) is 3.87. The number of benzene rings is 3. The third-order valence-electron chi connectivity index (χ3n) is 4.34. The zero-order valence-corrected chi connectivity index (χ0v) is 17.4. The Morgan fingerprint density at radius 2 is 1.60 bits per heavy atom. The Hall–Kier alpha value is -3.52. The number of carbonyl (C=O) groups is 1. The number of hydrogen-bond donors (Lipinski definition) is 2. The molecule has 156 valence electrons. The van der Waals surface area contributed by atoms with Gasteiger partial charge in [0, 0.05) is 23.9 Å². The third kappa shape index (κ3) is 5.09. The van der Waals surface area contributed by atoms with E-state index < -0.39 is 10.0 Å². The van der Waals surface area contributed by atoms with Crippen LogP contribution in [0, 0.1) is 0 Å². The number of nitrogens with one attached hydrogen (secondary N) is 2. The quantitative estimate of drug-likeness (QED) is 0.576. The largest absolute Gasteiger partial charge is 0.493 e. The van der Waals surface area contributed by atoms with E-state index in [9.17, 15) is 13.2 Å². The minimum atomic E-state index is -3.89. The van der Waals surface area contributed by atoms with Crippen LogP contribution in [-0.4, -0.2) is 28.5 Å². The van der Waals surface area contributed by atoms with Crippen molar-refractivity contribution in [3.63, 3.8) is 0 Å². The van der Waals surface area contributed by atoms with Gasteiger partial charge in [-0.3, -0.25) is 9.52 Å². The lowest BCUT2D eigenvalue weighted by Gasteiger charge is -2.12. The van der Waals surface area contributed by atoms with Crippen LogP contribution in [0.2, 0.25) is 0 Å². The molecule has 0 heterocycles. The first kappa shape index (κ1) is 21.2.